The Labute approximate surface area is 115 Å². The first kappa shape index (κ1) is 12.3. The minimum Gasteiger partial charge on any atom is -0.278 e. The Hall–Kier alpha value is -2.75. The second kappa shape index (κ2) is 5.48. The minimum atomic E-state index is -0.275. The summed E-state index contributed by atoms with van der Waals surface area (Å²) in [5.41, 5.74) is 5.43. The Kier molecular flexibility index (Phi) is 3.37. The van der Waals surface area contributed by atoms with E-state index in [0.29, 0.717) is 5.56 Å². The van der Waals surface area contributed by atoms with Gasteiger partial charge in [-0.2, -0.15) is 5.10 Å². The summed E-state index contributed by atoms with van der Waals surface area (Å²) in [6.07, 6.45) is 3.31. The first-order valence-electron chi connectivity index (χ1n) is 6.21. The summed E-state index contributed by atoms with van der Waals surface area (Å²) in [6.45, 7) is 0. The lowest BCUT2D eigenvalue weighted by Gasteiger charge is -2.04. The highest BCUT2D eigenvalue weighted by Gasteiger charge is 1.99. The van der Waals surface area contributed by atoms with Crippen LogP contribution in [0.25, 0.3) is 10.9 Å². The summed E-state index contributed by atoms with van der Waals surface area (Å²) < 4.78 is 13.0. The molecule has 1 N–H and O–H groups in total. The summed E-state index contributed by atoms with van der Waals surface area (Å²) in [5.74, 6) is -0.275. The molecule has 0 fully saturated rings. The largest absolute Gasteiger partial charge is 0.278 e. The van der Waals surface area contributed by atoms with Crippen molar-refractivity contribution in [3.63, 3.8) is 0 Å². The molecule has 0 unspecified atom stereocenters. The fourth-order valence-electron chi connectivity index (χ4n) is 1.96. The van der Waals surface area contributed by atoms with Gasteiger partial charge in [0.05, 0.1) is 17.4 Å². The van der Waals surface area contributed by atoms with E-state index in [1.165, 1.54) is 12.1 Å². The Bertz CT molecular complexity index is 763. The summed E-state index contributed by atoms with van der Waals surface area (Å²) in [6, 6.07) is 15.9. The van der Waals surface area contributed by atoms with Crippen LogP contribution in [0.1, 0.15) is 5.56 Å². The van der Waals surface area contributed by atoms with Crippen LogP contribution in [-0.2, 0) is 0 Å². The second-order valence-electron chi connectivity index (χ2n) is 4.30. The summed E-state index contributed by atoms with van der Waals surface area (Å²) in [5, 5.41) is 5.13. The fraction of sp³-hybridized carbons (Fsp3) is 0. The van der Waals surface area contributed by atoms with Crippen molar-refractivity contribution >= 4 is 22.8 Å². The van der Waals surface area contributed by atoms with Crippen molar-refractivity contribution in [2.24, 2.45) is 5.10 Å². The van der Waals surface area contributed by atoms with Gasteiger partial charge in [0.1, 0.15) is 5.82 Å². The Morgan fingerprint density at radius 3 is 2.85 bits per heavy atom. The molecule has 4 heteroatoms. The normalized spacial score (nSPS) is 11.1. The molecule has 0 aliphatic carbocycles. The number of benzene rings is 2. The monoisotopic (exact) mass is 265 g/mol. The molecule has 3 nitrogen and oxygen atoms in total. The van der Waals surface area contributed by atoms with Crippen molar-refractivity contribution in [1.82, 2.24) is 4.98 Å². The number of rotatable bonds is 3. The van der Waals surface area contributed by atoms with Crippen LogP contribution in [0.15, 0.2) is 65.9 Å². The SMILES string of the molecule is Fc1cccc(/C=N/Nc2ccnc3ccccc23)c1. The zero-order valence-electron chi connectivity index (χ0n) is 10.6. The Balaban J connectivity index is 1.84. The van der Waals surface area contributed by atoms with Gasteiger partial charge in [0.2, 0.25) is 0 Å². The average molecular weight is 265 g/mol. The van der Waals surface area contributed by atoms with Crippen LogP contribution in [0.4, 0.5) is 10.1 Å². The van der Waals surface area contributed by atoms with Crippen molar-refractivity contribution in [3.05, 3.63) is 72.2 Å². The van der Waals surface area contributed by atoms with E-state index in [0.717, 1.165) is 16.6 Å². The molecule has 3 rings (SSSR count). The third kappa shape index (κ3) is 2.64. The number of anilines is 1. The van der Waals surface area contributed by atoms with Crippen LogP contribution in [0.5, 0.6) is 0 Å². The second-order valence-corrected chi connectivity index (χ2v) is 4.30. The lowest BCUT2D eigenvalue weighted by atomic mass is 10.2. The lowest BCUT2D eigenvalue weighted by molar-refractivity contribution is 0.627. The molecule has 0 saturated carbocycles. The van der Waals surface area contributed by atoms with E-state index < -0.39 is 0 Å². The van der Waals surface area contributed by atoms with Gasteiger partial charge in [-0.1, -0.05) is 30.3 Å². The number of nitrogens with zero attached hydrogens (tertiary/aromatic N) is 2. The molecule has 0 bridgehead atoms. The molecule has 0 saturated heterocycles. The first-order chi connectivity index (χ1) is 9.83. The van der Waals surface area contributed by atoms with Crippen LogP contribution in [0.3, 0.4) is 0 Å². The Morgan fingerprint density at radius 2 is 1.95 bits per heavy atom. The van der Waals surface area contributed by atoms with Crippen molar-refractivity contribution < 1.29 is 4.39 Å². The molecule has 0 radical (unpaired) electrons. The molecule has 0 atom stereocenters. The average Bonchev–Trinajstić information content (AvgIpc) is 2.48. The van der Waals surface area contributed by atoms with Crippen LogP contribution in [0.2, 0.25) is 0 Å². The summed E-state index contributed by atoms with van der Waals surface area (Å²) >= 11 is 0. The first-order valence-corrected chi connectivity index (χ1v) is 6.21. The molecule has 3 aromatic rings. The van der Waals surface area contributed by atoms with Gasteiger partial charge >= 0.3 is 0 Å². The maximum Gasteiger partial charge on any atom is 0.123 e. The van der Waals surface area contributed by atoms with E-state index in [4.69, 9.17) is 0 Å². The molecule has 0 amide bonds. The van der Waals surface area contributed by atoms with Gasteiger partial charge in [-0.05, 0) is 29.8 Å². The highest BCUT2D eigenvalue weighted by atomic mass is 19.1. The number of para-hydroxylation sites is 1. The van der Waals surface area contributed by atoms with Crippen molar-refractivity contribution in [2.45, 2.75) is 0 Å². The van der Waals surface area contributed by atoms with E-state index in [1.807, 2.05) is 30.3 Å². The molecule has 0 spiro atoms. The van der Waals surface area contributed by atoms with E-state index in [-0.39, 0.29) is 5.82 Å². The van der Waals surface area contributed by atoms with Gasteiger partial charge < -0.3 is 0 Å². The highest BCUT2D eigenvalue weighted by molar-refractivity contribution is 5.91. The number of hydrogen-bond acceptors (Lipinski definition) is 3. The fourth-order valence-corrected chi connectivity index (χ4v) is 1.96. The quantitative estimate of drug-likeness (QED) is 0.577. The third-order valence-electron chi connectivity index (χ3n) is 2.90. The number of halogens is 1. The van der Waals surface area contributed by atoms with E-state index in [1.54, 1.807) is 24.5 Å². The minimum absolute atomic E-state index is 0.275. The standard InChI is InChI=1S/C16H12FN3/c17-13-5-3-4-12(10-13)11-19-20-16-8-9-18-15-7-2-1-6-14(15)16/h1-11H,(H,18,20)/b19-11+. The molecule has 1 aromatic heterocycles. The molecule has 2 aromatic carbocycles. The van der Waals surface area contributed by atoms with Gasteiger partial charge in [0.15, 0.2) is 0 Å². The van der Waals surface area contributed by atoms with Crippen molar-refractivity contribution in [2.75, 3.05) is 5.43 Å². The lowest BCUT2D eigenvalue weighted by Crippen LogP contribution is -1.93. The highest BCUT2D eigenvalue weighted by Crippen LogP contribution is 2.20. The topological polar surface area (TPSA) is 37.3 Å². The predicted octanol–water partition coefficient (Wildman–Crippen LogP) is 3.82. The molecule has 0 aliphatic rings. The molecule has 20 heavy (non-hydrogen) atoms. The maximum absolute atomic E-state index is 13.0. The molecular formula is C16H12FN3. The van der Waals surface area contributed by atoms with Crippen LogP contribution >= 0.6 is 0 Å². The number of pyridine rings is 1. The molecule has 1 heterocycles. The van der Waals surface area contributed by atoms with Gasteiger partial charge in [-0.25, -0.2) is 4.39 Å². The molecular weight excluding hydrogens is 253 g/mol. The number of nitrogens with one attached hydrogen (secondary N) is 1. The van der Waals surface area contributed by atoms with Gasteiger partial charge in [-0.3, -0.25) is 10.4 Å². The predicted molar refractivity (Wildman–Crippen MR) is 79.4 cm³/mol. The summed E-state index contributed by atoms with van der Waals surface area (Å²) in [4.78, 5) is 4.28. The number of aromatic nitrogens is 1. The molecule has 98 valence electrons. The van der Waals surface area contributed by atoms with Crippen LogP contribution < -0.4 is 5.43 Å². The number of hydrazone groups is 1. The van der Waals surface area contributed by atoms with E-state index >= 15 is 0 Å². The maximum atomic E-state index is 13.0. The van der Waals surface area contributed by atoms with Crippen molar-refractivity contribution in [3.8, 4) is 0 Å². The zero-order chi connectivity index (χ0) is 13.8. The van der Waals surface area contributed by atoms with E-state index in [2.05, 4.69) is 15.5 Å². The van der Waals surface area contributed by atoms with Crippen LogP contribution in [0, 0.1) is 5.82 Å². The van der Waals surface area contributed by atoms with Gasteiger partial charge in [0, 0.05) is 11.6 Å². The van der Waals surface area contributed by atoms with Crippen LogP contribution in [-0.4, -0.2) is 11.2 Å². The number of hydrogen-bond donors (Lipinski definition) is 1. The number of fused-ring (bicyclic) bond motifs is 1. The smallest absolute Gasteiger partial charge is 0.123 e. The third-order valence-corrected chi connectivity index (χ3v) is 2.90. The summed E-state index contributed by atoms with van der Waals surface area (Å²) in [7, 11) is 0. The molecule has 0 aliphatic heterocycles. The van der Waals surface area contributed by atoms with Gasteiger partial charge in [0.25, 0.3) is 0 Å². The van der Waals surface area contributed by atoms with Gasteiger partial charge in [-0.15, -0.1) is 0 Å². The van der Waals surface area contributed by atoms with Crippen molar-refractivity contribution in [1.29, 1.82) is 0 Å². The van der Waals surface area contributed by atoms with E-state index in [9.17, 15) is 4.39 Å². The Morgan fingerprint density at radius 1 is 1.05 bits per heavy atom. The zero-order valence-corrected chi connectivity index (χ0v) is 10.6.